The van der Waals surface area contributed by atoms with Gasteiger partial charge in [0.1, 0.15) is 18.2 Å². The fraction of sp³-hybridized carbons (Fsp3) is 0.0500. The van der Waals surface area contributed by atoms with Crippen molar-refractivity contribution >= 4 is 22.4 Å². The van der Waals surface area contributed by atoms with Gasteiger partial charge in [-0.25, -0.2) is 4.39 Å². The van der Waals surface area contributed by atoms with Crippen LogP contribution >= 0.6 is 11.3 Å². The molecule has 0 bridgehead atoms. The van der Waals surface area contributed by atoms with Crippen LogP contribution in [0.2, 0.25) is 0 Å². The van der Waals surface area contributed by atoms with E-state index >= 15 is 0 Å². The zero-order chi connectivity index (χ0) is 18.8. The van der Waals surface area contributed by atoms with Crippen LogP contribution in [-0.4, -0.2) is 21.2 Å². The lowest BCUT2D eigenvalue weighted by Crippen LogP contribution is -2.23. The average Bonchev–Trinajstić information content (AvgIpc) is 3.22. The molecule has 0 amide bonds. The van der Waals surface area contributed by atoms with Crippen molar-refractivity contribution in [2.45, 2.75) is 0 Å². The van der Waals surface area contributed by atoms with E-state index in [0.29, 0.717) is 33.2 Å². The molecule has 0 atom stereocenters. The van der Waals surface area contributed by atoms with Gasteiger partial charge in [-0.15, -0.1) is 5.10 Å². The Labute approximate surface area is 157 Å². The molecule has 27 heavy (non-hydrogen) atoms. The molecule has 0 aliphatic carbocycles. The van der Waals surface area contributed by atoms with Gasteiger partial charge in [-0.3, -0.25) is 4.79 Å². The molecular weight excluding hydrogens is 365 g/mol. The second kappa shape index (κ2) is 7.13. The molecule has 7 heteroatoms. The lowest BCUT2D eigenvalue weighted by atomic mass is 10.2. The number of hydrogen-bond donors (Lipinski definition) is 0. The number of hydrogen-bond acceptors (Lipinski definition) is 5. The molecule has 5 nitrogen and oxygen atoms in total. The van der Waals surface area contributed by atoms with Crippen molar-refractivity contribution in [2.75, 3.05) is 6.61 Å². The van der Waals surface area contributed by atoms with Crippen LogP contribution in [0.1, 0.15) is 5.56 Å². The third-order valence-corrected chi connectivity index (χ3v) is 4.81. The van der Waals surface area contributed by atoms with Gasteiger partial charge in [0.15, 0.2) is 5.82 Å². The highest BCUT2D eigenvalue weighted by Gasteiger charge is 2.12. The van der Waals surface area contributed by atoms with E-state index in [4.69, 9.17) is 4.74 Å². The van der Waals surface area contributed by atoms with Gasteiger partial charge >= 0.3 is 0 Å². The topological polar surface area (TPSA) is 56.5 Å². The Balaban J connectivity index is 1.69. The second-order valence-corrected chi connectivity index (χ2v) is 6.70. The van der Waals surface area contributed by atoms with Gasteiger partial charge in [-0.05, 0) is 36.4 Å². The first kappa shape index (κ1) is 17.1. The lowest BCUT2D eigenvalue weighted by Gasteiger charge is -2.02. The highest BCUT2D eigenvalue weighted by atomic mass is 32.1. The first-order chi connectivity index (χ1) is 13.2. The summed E-state index contributed by atoms with van der Waals surface area (Å²) < 4.78 is 20.9. The van der Waals surface area contributed by atoms with Crippen LogP contribution in [0.25, 0.3) is 22.4 Å². The molecule has 0 radical (unpaired) electrons. The number of aromatic nitrogens is 3. The van der Waals surface area contributed by atoms with Gasteiger partial charge in [0.2, 0.25) is 4.96 Å². The van der Waals surface area contributed by atoms with Crippen LogP contribution in [-0.2, 0) is 0 Å². The molecule has 2 aromatic carbocycles. The van der Waals surface area contributed by atoms with Gasteiger partial charge in [-0.1, -0.05) is 42.2 Å². The summed E-state index contributed by atoms with van der Waals surface area (Å²) in [7, 11) is 0. The summed E-state index contributed by atoms with van der Waals surface area (Å²) in [4.78, 5) is 17.4. The summed E-state index contributed by atoms with van der Waals surface area (Å²) >= 11 is 1.18. The smallest absolute Gasteiger partial charge is 0.291 e. The Morgan fingerprint density at radius 2 is 1.96 bits per heavy atom. The number of thiazole rings is 1. The Morgan fingerprint density at radius 3 is 2.67 bits per heavy atom. The molecule has 4 aromatic rings. The molecule has 2 heterocycles. The highest BCUT2D eigenvalue weighted by molar-refractivity contribution is 7.15. The first-order valence-electron chi connectivity index (χ1n) is 8.15. The number of ether oxygens (including phenoxy) is 1. The SMILES string of the molecule is C=CCOc1ccc(-c2nc3s/c(=C\c4ccccc4F)c(=O)n3n2)cc1. The van der Waals surface area contributed by atoms with Gasteiger partial charge < -0.3 is 4.74 Å². The molecule has 134 valence electrons. The summed E-state index contributed by atoms with van der Waals surface area (Å²) in [5.41, 5.74) is 0.813. The van der Waals surface area contributed by atoms with Gasteiger partial charge in [0.25, 0.3) is 5.56 Å². The van der Waals surface area contributed by atoms with Gasteiger partial charge in [0.05, 0.1) is 4.53 Å². The molecule has 2 aromatic heterocycles. The molecule has 0 N–H and O–H groups in total. The zero-order valence-corrected chi connectivity index (χ0v) is 14.9. The predicted molar refractivity (Wildman–Crippen MR) is 103 cm³/mol. The summed E-state index contributed by atoms with van der Waals surface area (Å²) in [5.74, 6) is 0.785. The molecule has 0 fully saturated rings. The van der Waals surface area contributed by atoms with E-state index in [1.54, 1.807) is 24.3 Å². The standard InChI is InChI=1S/C20H14FN3O2S/c1-2-11-26-15-9-7-13(8-10-15)18-22-20-24(23-18)19(25)17(27-20)12-14-5-3-4-6-16(14)21/h2-10,12H,1,11H2/b17-12-. The van der Waals surface area contributed by atoms with E-state index < -0.39 is 0 Å². The van der Waals surface area contributed by atoms with Gasteiger partial charge in [0, 0.05) is 11.1 Å². The molecule has 0 saturated carbocycles. The van der Waals surface area contributed by atoms with E-state index in [1.807, 2.05) is 24.3 Å². The minimum Gasteiger partial charge on any atom is -0.490 e. The van der Waals surface area contributed by atoms with Crippen molar-refractivity contribution < 1.29 is 9.13 Å². The molecule has 0 spiro atoms. The Bertz CT molecular complexity index is 1230. The summed E-state index contributed by atoms with van der Waals surface area (Å²) in [6.07, 6.45) is 3.19. The van der Waals surface area contributed by atoms with Crippen molar-refractivity contribution in [3.8, 4) is 17.1 Å². The summed E-state index contributed by atoms with van der Waals surface area (Å²) in [6, 6.07) is 13.6. The second-order valence-electron chi connectivity index (χ2n) is 5.69. The number of benzene rings is 2. The van der Waals surface area contributed by atoms with Crippen LogP contribution in [0.15, 0.2) is 66.0 Å². The van der Waals surface area contributed by atoms with E-state index in [0.717, 1.165) is 5.56 Å². The molecule has 0 aliphatic heterocycles. The van der Waals surface area contributed by atoms with E-state index in [9.17, 15) is 9.18 Å². The van der Waals surface area contributed by atoms with E-state index in [2.05, 4.69) is 16.7 Å². The fourth-order valence-corrected chi connectivity index (χ4v) is 3.44. The first-order valence-corrected chi connectivity index (χ1v) is 8.97. The number of rotatable bonds is 5. The highest BCUT2D eigenvalue weighted by Crippen LogP contribution is 2.20. The van der Waals surface area contributed by atoms with Gasteiger partial charge in [-0.2, -0.15) is 9.50 Å². The number of nitrogens with zero attached hydrogens (tertiary/aromatic N) is 3. The summed E-state index contributed by atoms with van der Waals surface area (Å²) in [6.45, 7) is 4.04. The van der Waals surface area contributed by atoms with Crippen LogP contribution in [0.4, 0.5) is 4.39 Å². The normalized spacial score (nSPS) is 11.8. The van der Waals surface area contributed by atoms with Crippen molar-refractivity contribution in [2.24, 2.45) is 0 Å². The Morgan fingerprint density at radius 1 is 1.19 bits per heavy atom. The lowest BCUT2D eigenvalue weighted by molar-refractivity contribution is 0.363. The van der Waals surface area contributed by atoms with Crippen LogP contribution in [0.5, 0.6) is 5.75 Å². The quantitative estimate of drug-likeness (QED) is 0.500. The third kappa shape index (κ3) is 3.37. The maximum atomic E-state index is 13.8. The maximum Gasteiger partial charge on any atom is 0.291 e. The van der Waals surface area contributed by atoms with Crippen molar-refractivity contribution in [3.05, 3.63) is 87.5 Å². The van der Waals surface area contributed by atoms with Crippen molar-refractivity contribution in [3.63, 3.8) is 0 Å². The molecule has 0 saturated heterocycles. The molecular formula is C20H14FN3O2S. The molecule has 0 aliphatic rings. The summed E-state index contributed by atoms with van der Waals surface area (Å²) in [5, 5.41) is 4.29. The number of halogens is 1. The van der Waals surface area contributed by atoms with Crippen molar-refractivity contribution in [1.82, 2.24) is 14.6 Å². The van der Waals surface area contributed by atoms with E-state index in [-0.39, 0.29) is 11.4 Å². The van der Waals surface area contributed by atoms with Crippen LogP contribution in [0, 0.1) is 5.82 Å². The zero-order valence-electron chi connectivity index (χ0n) is 14.1. The van der Waals surface area contributed by atoms with Crippen LogP contribution < -0.4 is 14.8 Å². The Hall–Kier alpha value is -3.32. The monoisotopic (exact) mass is 379 g/mol. The van der Waals surface area contributed by atoms with Crippen molar-refractivity contribution in [1.29, 1.82) is 0 Å². The molecule has 0 unspecified atom stereocenters. The van der Waals surface area contributed by atoms with Crippen LogP contribution in [0.3, 0.4) is 0 Å². The minimum atomic E-state index is -0.379. The predicted octanol–water partition coefficient (Wildman–Crippen LogP) is 3.07. The minimum absolute atomic E-state index is 0.317. The average molecular weight is 379 g/mol. The maximum absolute atomic E-state index is 13.8. The third-order valence-electron chi connectivity index (χ3n) is 3.85. The number of fused-ring (bicyclic) bond motifs is 1. The Kier molecular flexibility index (Phi) is 4.52. The van der Waals surface area contributed by atoms with E-state index in [1.165, 1.54) is 28.0 Å². The largest absolute Gasteiger partial charge is 0.490 e. The fourth-order valence-electron chi connectivity index (χ4n) is 2.54. The molecule has 4 rings (SSSR count).